The summed E-state index contributed by atoms with van der Waals surface area (Å²) in [5.41, 5.74) is 2.88. The topological polar surface area (TPSA) is 12.0 Å². The van der Waals surface area contributed by atoms with Crippen LogP contribution in [0.3, 0.4) is 0 Å². The molecule has 0 bridgehead atoms. The molecule has 0 saturated carbocycles. The molecular weight excluding hydrogens is 206 g/mol. The zero-order valence-electron chi connectivity index (χ0n) is 11.8. The first-order valence-corrected chi connectivity index (χ1v) is 7.01. The SMILES string of the molecule is CCNC(CC(CC)CC)c1ccccc1C. The van der Waals surface area contributed by atoms with Crippen LogP contribution in [0.2, 0.25) is 0 Å². The third-order valence-corrected chi connectivity index (χ3v) is 3.74. The Morgan fingerprint density at radius 3 is 2.24 bits per heavy atom. The molecule has 0 heterocycles. The van der Waals surface area contributed by atoms with Gasteiger partial charge in [0.25, 0.3) is 0 Å². The average Bonchev–Trinajstić information content (AvgIpc) is 2.35. The van der Waals surface area contributed by atoms with Crippen LogP contribution in [0.4, 0.5) is 0 Å². The molecule has 1 unspecified atom stereocenters. The van der Waals surface area contributed by atoms with Crippen molar-refractivity contribution >= 4 is 0 Å². The van der Waals surface area contributed by atoms with Gasteiger partial charge in [0.2, 0.25) is 0 Å². The van der Waals surface area contributed by atoms with Crippen molar-refractivity contribution in [2.45, 2.75) is 53.0 Å². The lowest BCUT2D eigenvalue weighted by Crippen LogP contribution is -2.24. The summed E-state index contributed by atoms with van der Waals surface area (Å²) in [6, 6.07) is 9.28. The number of hydrogen-bond donors (Lipinski definition) is 1. The average molecular weight is 233 g/mol. The third-order valence-electron chi connectivity index (χ3n) is 3.74. The maximum Gasteiger partial charge on any atom is 0.0325 e. The largest absolute Gasteiger partial charge is 0.310 e. The van der Waals surface area contributed by atoms with Crippen molar-refractivity contribution in [3.63, 3.8) is 0 Å². The molecule has 0 aliphatic carbocycles. The number of hydrogen-bond acceptors (Lipinski definition) is 1. The minimum Gasteiger partial charge on any atom is -0.310 e. The summed E-state index contributed by atoms with van der Waals surface area (Å²) in [4.78, 5) is 0. The van der Waals surface area contributed by atoms with E-state index < -0.39 is 0 Å². The van der Waals surface area contributed by atoms with Gasteiger partial charge in [-0.3, -0.25) is 0 Å². The van der Waals surface area contributed by atoms with Crippen molar-refractivity contribution in [2.75, 3.05) is 6.54 Å². The van der Waals surface area contributed by atoms with Gasteiger partial charge in [-0.15, -0.1) is 0 Å². The second-order valence-corrected chi connectivity index (χ2v) is 4.89. The Morgan fingerprint density at radius 2 is 1.71 bits per heavy atom. The predicted octanol–water partition coefficient (Wildman–Crippen LogP) is 4.47. The molecule has 0 radical (unpaired) electrons. The molecule has 0 aromatic heterocycles. The van der Waals surface area contributed by atoms with E-state index in [1.807, 2.05) is 0 Å². The summed E-state index contributed by atoms with van der Waals surface area (Å²) in [5, 5.41) is 3.64. The minimum atomic E-state index is 0.520. The van der Waals surface area contributed by atoms with E-state index in [1.165, 1.54) is 30.4 Å². The first-order chi connectivity index (χ1) is 8.22. The van der Waals surface area contributed by atoms with Gasteiger partial charge in [0.15, 0.2) is 0 Å². The maximum absolute atomic E-state index is 3.64. The highest BCUT2D eigenvalue weighted by Gasteiger charge is 2.16. The summed E-state index contributed by atoms with van der Waals surface area (Å²) in [5.74, 6) is 0.832. The molecular formula is C16H27N. The van der Waals surface area contributed by atoms with E-state index in [0.29, 0.717) is 6.04 Å². The first kappa shape index (κ1) is 14.2. The second-order valence-electron chi connectivity index (χ2n) is 4.89. The molecule has 0 spiro atoms. The van der Waals surface area contributed by atoms with Crippen LogP contribution in [-0.4, -0.2) is 6.54 Å². The van der Waals surface area contributed by atoms with Crippen LogP contribution in [0.1, 0.15) is 57.2 Å². The predicted molar refractivity (Wildman–Crippen MR) is 76.3 cm³/mol. The molecule has 1 rings (SSSR count). The Morgan fingerprint density at radius 1 is 1.06 bits per heavy atom. The third kappa shape index (κ3) is 4.16. The summed E-state index contributed by atoms with van der Waals surface area (Å²) < 4.78 is 0. The lowest BCUT2D eigenvalue weighted by molar-refractivity contribution is 0.375. The zero-order valence-corrected chi connectivity index (χ0v) is 11.8. The standard InChI is InChI=1S/C16H27N/c1-5-14(6-2)12-16(17-7-3)15-11-9-8-10-13(15)4/h8-11,14,16-17H,5-7,12H2,1-4H3. The monoisotopic (exact) mass is 233 g/mol. The number of nitrogens with one attached hydrogen (secondary N) is 1. The maximum atomic E-state index is 3.64. The van der Waals surface area contributed by atoms with E-state index in [0.717, 1.165) is 12.5 Å². The fourth-order valence-electron chi connectivity index (χ4n) is 2.50. The van der Waals surface area contributed by atoms with E-state index in [4.69, 9.17) is 0 Å². The number of aryl methyl sites for hydroxylation is 1. The fourth-order valence-corrected chi connectivity index (χ4v) is 2.50. The zero-order chi connectivity index (χ0) is 12.7. The van der Waals surface area contributed by atoms with E-state index in [9.17, 15) is 0 Å². The molecule has 96 valence electrons. The van der Waals surface area contributed by atoms with Crippen molar-refractivity contribution in [1.29, 1.82) is 0 Å². The van der Waals surface area contributed by atoms with Crippen molar-refractivity contribution in [1.82, 2.24) is 5.32 Å². The van der Waals surface area contributed by atoms with Gasteiger partial charge in [0, 0.05) is 6.04 Å². The number of benzene rings is 1. The molecule has 0 fully saturated rings. The van der Waals surface area contributed by atoms with Crippen LogP contribution in [0, 0.1) is 12.8 Å². The van der Waals surface area contributed by atoms with Gasteiger partial charge in [0.1, 0.15) is 0 Å². The summed E-state index contributed by atoms with van der Waals surface area (Å²) in [6.45, 7) is 10.0. The smallest absolute Gasteiger partial charge is 0.0325 e. The van der Waals surface area contributed by atoms with Crippen LogP contribution in [0.15, 0.2) is 24.3 Å². The molecule has 1 nitrogen and oxygen atoms in total. The highest BCUT2D eigenvalue weighted by Crippen LogP contribution is 2.27. The molecule has 0 saturated heterocycles. The fraction of sp³-hybridized carbons (Fsp3) is 0.625. The molecule has 0 aliphatic heterocycles. The van der Waals surface area contributed by atoms with Gasteiger partial charge < -0.3 is 5.32 Å². The molecule has 0 amide bonds. The highest BCUT2D eigenvalue weighted by atomic mass is 14.9. The lowest BCUT2D eigenvalue weighted by Gasteiger charge is -2.24. The number of rotatable bonds is 7. The van der Waals surface area contributed by atoms with Crippen molar-refractivity contribution in [3.8, 4) is 0 Å². The van der Waals surface area contributed by atoms with Gasteiger partial charge in [-0.2, -0.15) is 0 Å². The molecule has 17 heavy (non-hydrogen) atoms. The molecule has 1 atom stereocenters. The summed E-state index contributed by atoms with van der Waals surface area (Å²) >= 11 is 0. The minimum absolute atomic E-state index is 0.520. The molecule has 1 N–H and O–H groups in total. The Labute approximate surface area is 107 Å². The van der Waals surface area contributed by atoms with Crippen molar-refractivity contribution in [2.24, 2.45) is 5.92 Å². The quantitative estimate of drug-likeness (QED) is 0.732. The Kier molecular flexibility index (Phi) is 6.28. The lowest BCUT2D eigenvalue weighted by atomic mass is 9.89. The summed E-state index contributed by atoms with van der Waals surface area (Å²) in [6.07, 6.45) is 3.82. The summed E-state index contributed by atoms with van der Waals surface area (Å²) in [7, 11) is 0. The van der Waals surface area contributed by atoms with E-state index >= 15 is 0 Å². The van der Waals surface area contributed by atoms with Crippen molar-refractivity contribution < 1.29 is 0 Å². The Bertz CT molecular complexity index is 315. The van der Waals surface area contributed by atoms with Crippen LogP contribution in [0.25, 0.3) is 0 Å². The second kappa shape index (κ2) is 7.50. The highest BCUT2D eigenvalue weighted by molar-refractivity contribution is 5.28. The van der Waals surface area contributed by atoms with Crippen LogP contribution < -0.4 is 5.32 Å². The van der Waals surface area contributed by atoms with E-state index in [1.54, 1.807) is 0 Å². The molecule has 1 aromatic rings. The molecule has 1 aromatic carbocycles. The Balaban J connectivity index is 2.81. The van der Waals surface area contributed by atoms with Gasteiger partial charge in [-0.25, -0.2) is 0 Å². The molecule has 1 heteroatoms. The van der Waals surface area contributed by atoms with Crippen LogP contribution in [0.5, 0.6) is 0 Å². The van der Waals surface area contributed by atoms with Gasteiger partial charge in [-0.05, 0) is 36.9 Å². The van der Waals surface area contributed by atoms with Crippen LogP contribution in [-0.2, 0) is 0 Å². The van der Waals surface area contributed by atoms with E-state index in [-0.39, 0.29) is 0 Å². The molecule has 0 aliphatic rings. The Hall–Kier alpha value is -0.820. The normalized spacial score (nSPS) is 13.0. The first-order valence-electron chi connectivity index (χ1n) is 7.01. The van der Waals surface area contributed by atoms with Crippen molar-refractivity contribution in [3.05, 3.63) is 35.4 Å². The van der Waals surface area contributed by atoms with Crippen LogP contribution >= 0.6 is 0 Å². The van der Waals surface area contributed by atoms with Gasteiger partial charge >= 0.3 is 0 Å². The van der Waals surface area contributed by atoms with Gasteiger partial charge in [0.05, 0.1) is 0 Å². The van der Waals surface area contributed by atoms with E-state index in [2.05, 4.69) is 57.3 Å². The van der Waals surface area contributed by atoms with Gasteiger partial charge in [-0.1, -0.05) is 57.9 Å².